The van der Waals surface area contributed by atoms with E-state index in [1.165, 1.54) is 23.6 Å². The number of aryl methyl sites for hydroxylation is 1. The number of hydrogen-bond donors (Lipinski definition) is 0. The Labute approximate surface area is 168 Å². The second kappa shape index (κ2) is 8.08. The van der Waals surface area contributed by atoms with Crippen molar-refractivity contribution in [3.63, 3.8) is 0 Å². The van der Waals surface area contributed by atoms with E-state index in [0.717, 1.165) is 36.8 Å². The standard InChI is InChI=1S/C19H22N4O3S2/c24-18(13-27-19-21-20-17-9-5-2-6-11-22(17)19)23(15-7-3-1-4-8-15)16-10-12-28(25,26)14-16/h1,3-4,7-8,10,12,16H,2,5-6,9,11,13-14H2/t16-/m1/s1. The van der Waals surface area contributed by atoms with Gasteiger partial charge in [-0.05, 0) is 31.1 Å². The van der Waals surface area contributed by atoms with E-state index in [9.17, 15) is 13.2 Å². The number of sulfone groups is 1. The highest BCUT2D eigenvalue weighted by atomic mass is 32.2. The van der Waals surface area contributed by atoms with Crippen LogP contribution in [-0.4, -0.2) is 46.6 Å². The van der Waals surface area contributed by atoms with Crippen molar-refractivity contribution in [1.82, 2.24) is 14.8 Å². The lowest BCUT2D eigenvalue weighted by molar-refractivity contribution is -0.116. The highest BCUT2D eigenvalue weighted by Crippen LogP contribution is 2.26. The van der Waals surface area contributed by atoms with Crippen LogP contribution in [0.4, 0.5) is 5.69 Å². The molecule has 2 aliphatic heterocycles. The molecule has 0 spiro atoms. The van der Waals surface area contributed by atoms with Gasteiger partial charge in [0.05, 0.1) is 17.5 Å². The van der Waals surface area contributed by atoms with Gasteiger partial charge in [0.15, 0.2) is 15.0 Å². The molecule has 1 atom stereocenters. The first-order valence-electron chi connectivity index (χ1n) is 9.36. The van der Waals surface area contributed by atoms with Gasteiger partial charge in [-0.25, -0.2) is 8.42 Å². The number of aromatic nitrogens is 3. The number of carbonyl (C=O) groups excluding carboxylic acids is 1. The predicted octanol–water partition coefficient (Wildman–Crippen LogP) is 2.44. The van der Waals surface area contributed by atoms with Crippen molar-refractivity contribution in [2.75, 3.05) is 16.4 Å². The summed E-state index contributed by atoms with van der Waals surface area (Å²) < 4.78 is 25.9. The summed E-state index contributed by atoms with van der Waals surface area (Å²) in [7, 11) is -3.26. The summed E-state index contributed by atoms with van der Waals surface area (Å²) in [6.45, 7) is 0.880. The first kappa shape index (κ1) is 19.2. The molecule has 9 heteroatoms. The number of rotatable bonds is 5. The fourth-order valence-electron chi connectivity index (χ4n) is 3.59. The maximum atomic E-state index is 13.1. The molecule has 7 nitrogen and oxygen atoms in total. The van der Waals surface area contributed by atoms with Gasteiger partial charge >= 0.3 is 0 Å². The molecule has 2 aliphatic rings. The van der Waals surface area contributed by atoms with Crippen molar-refractivity contribution < 1.29 is 13.2 Å². The van der Waals surface area contributed by atoms with Gasteiger partial charge in [-0.15, -0.1) is 10.2 Å². The molecular formula is C19H22N4O3S2. The molecular weight excluding hydrogens is 396 g/mol. The van der Waals surface area contributed by atoms with Crippen LogP contribution in [0.1, 0.15) is 25.1 Å². The number of amides is 1. The summed E-state index contributed by atoms with van der Waals surface area (Å²) in [6.07, 6.45) is 5.90. The lowest BCUT2D eigenvalue weighted by atomic mass is 10.2. The van der Waals surface area contributed by atoms with E-state index in [4.69, 9.17) is 0 Å². The molecule has 0 unspecified atom stereocenters. The summed E-state index contributed by atoms with van der Waals surface area (Å²) in [4.78, 5) is 14.7. The van der Waals surface area contributed by atoms with Crippen molar-refractivity contribution in [1.29, 1.82) is 0 Å². The normalized spacial score (nSPS) is 20.5. The molecule has 0 saturated heterocycles. The lowest BCUT2D eigenvalue weighted by Gasteiger charge is -2.27. The van der Waals surface area contributed by atoms with E-state index < -0.39 is 15.9 Å². The number of hydrogen-bond acceptors (Lipinski definition) is 6. The van der Waals surface area contributed by atoms with E-state index in [1.54, 1.807) is 11.0 Å². The minimum atomic E-state index is -3.26. The predicted molar refractivity (Wildman–Crippen MR) is 109 cm³/mol. The van der Waals surface area contributed by atoms with E-state index in [-0.39, 0.29) is 17.4 Å². The second-order valence-electron chi connectivity index (χ2n) is 6.97. The molecule has 0 radical (unpaired) electrons. The zero-order valence-electron chi connectivity index (χ0n) is 15.4. The summed E-state index contributed by atoms with van der Waals surface area (Å²) in [6, 6.07) is 8.71. The lowest BCUT2D eigenvalue weighted by Crippen LogP contribution is -2.42. The Morgan fingerprint density at radius 2 is 2.00 bits per heavy atom. The molecule has 4 rings (SSSR count). The highest BCUT2D eigenvalue weighted by Gasteiger charge is 2.31. The van der Waals surface area contributed by atoms with E-state index in [2.05, 4.69) is 14.8 Å². The SMILES string of the molecule is O=C(CSc1nnc2n1CCCCC2)N(c1ccccc1)[C@@H]1C=CS(=O)(=O)C1. The van der Waals surface area contributed by atoms with E-state index in [1.807, 2.05) is 30.3 Å². The van der Waals surface area contributed by atoms with Crippen molar-refractivity contribution in [2.45, 2.75) is 43.4 Å². The minimum absolute atomic E-state index is 0.0847. The van der Waals surface area contributed by atoms with Crippen molar-refractivity contribution in [3.05, 3.63) is 47.6 Å². The topological polar surface area (TPSA) is 85.2 Å². The van der Waals surface area contributed by atoms with Crippen LogP contribution in [0.15, 0.2) is 47.0 Å². The molecule has 1 aromatic carbocycles. The third kappa shape index (κ3) is 4.15. The number of thioether (sulfide) groups is 1. The van der Waals surface area contributed by atoms with Gasteiger partial charge in [-0.3, -0.25) is 4.79 Å². The quantitative estimate of drug-likeness (QED) is 0.694. The Kier molecular flexibility index (Phi) is 5.54. The number of anilines is 1. The number of carbonyl (C=O) groups is 1. The van der Waals surface area contributed by atoms with Crippen LogP contribution in [-0.2, 0) is 27.6 Å². The second-order valence-corrected chi connectivity index (χ2v) is 9.85. The Balaban J connectivity index is 1.52. The Bertz CT molecular complexity index is 986. The van der Waals surface area contributed by atoms with Crippen LogP contribution in [0, 0.1) is 0 Å². The van der Waals surface area contributed by atoms with Gasteiger partial charge < -0.3 is 9.47 Å². The average molecular weight is 419 g/mol. The zero-order valence-corrected chi connectivity index (χ0v) is 17.0. The fraction of sp³-hybridized carbons (Fsp3) is 0.421. The zero-order chi connectivity index (χ0) is 19.6. The van der Waals surface area contributed by atoms with E-state index in [0.29, 0.717) is 5.69 Å². The number of para-hydroxylation sites is 1. The summed E-state index contributed by atoms with van der Waals surface area (Å²) in [5, 5.41) is 10.5. The van der Waals surface area contributed by atoms with Crippen LogP contribution in [0.3, 0.4) is 0 Å². The van der Waals surface area contributed by atoms with Crippen molar-refractivity contribution in [2.24, 2.45) is 0 Å². The van der Waals surface area contributed by atoms with E-state index >= 15 is 0 Å². The van der Waals surface area contributed by atoms with Crippen LogP contribution in [0.2, 0.25) is 0 Å². The minimum Gasteiger partial charge on any atom is -0.306 e. The van der Waals surface area contributed by atoms with Gasteiger partial charge in [0.1, 0.15) is 5.82 Å². The first-order chi connectivity index (χ1) is 13.5. The number of benzene rings is 1. The Hall–Kier alpha value is -2.13. The molecule has 0 saturated carbocycles. The molecule has 0 fully saturated rings. The molecule has 3 heterocycles. The maximum Gasteiger partial charge on any atom is 0.238 e. The monoisotopic (exact) mass is 418 g/mol. The van der Waals surface area contributed by atoms with Gasteiger partial charge in [0.2, 0.25) is 5.91 Å². The summed E-state index contributed by atoms with van der Waals surface area (Å²) in [5.41, 5.74) is 0.694. The maximum absolute atomic E-state index is 13.1. The average Bonchev–Trinajstić information content (AvgIpc) is 3.14. The molecule has 0 aliphatic carbocycles. The van der Waals surface area contributed by atoms with Gasteiger partial charge in [-0.1, -0.05) is 36.4 Å². The number of nitrogens with zero attached hydrogens (tertiary/aromatic N) is 4. The first-order valence-corrected chi connectivity index (χ1v) is 12.1. The van der Waals surface area contributed by atoms with Crippen LogP contribution in [0.5, 0.6) is 0 Å². The Morgan fingerprint density at radius 1 is 1.18 bits per heavy atom. The molecule has 1 aromatic heterocycles. The largest absolute Gasteiger partial charge is 0.306 e. The Morgan fingerprint density at radius 3 is 2.75 bits per heavy atom. The van der Waals surface area contributed by atoms with Gasteiger partial charge in [-0.2, -0.15) is 0 Å². The third-order valence-corrected chi connectivity index (χ3v) is 7.28. The smallest absolute Gasteiger partial charge is 0.238 e. The molecule has 2 aromatic rings. The summed E-state index contributed by atoms with van der Waals surface area (Å²) in [5.74, 6) is 0.932. The van der Waals surface area contributed by atoms with Crippen LogP contribution < -0.4 is 4.90 Å². The van der Waals surface area contributed by atoms with Gasteiger partial charge in [0, 0.05) is 24.1 Å². The molecule has 0 bridgehead atoms. The van der Waals surface area contributed by atoms with Gasteiger partial charge in [0.25, 0.3) is 0 Å². The molecule has 0 N–H and O–H groups in total. The highest BCUT2D eigenvalue weighted by molar-refractivity contribution is 7.99. The van der Waals surface area contributed by atoms with Crippen LogP contribution in [0.25, 0.3) is 0 Å². The summed E-state index contributed by atoms with van der Waals surface area (Å²) >= 11 is 1.37. The number of fused-ring (bicyclic) bond motifs is 1. The van der Waals surface area contributed by atoms with Crippen molar-refractivity contribution >= 4 is 33.2 Å². The molecule has 148 valence electrons. The molecule has 28 heavy (non-hydrogen) atoms. The molecule has 1 amide bonds. The fourth-order valence-corrected chi connectivity index (χ4v) is 5.70. The van der Waals surface area contributed by atoms with Crippen LogP contribution >= 0.6 is 11.8 Å². The van der Waals surface area contributed by atoms with Crippen molar-refractivity contribution in [3.8, 4) is 0 Å². The third-order valence-electron chi connectivity index (χ3n) is 4.95.